The lowest BCUT2D eigenvalue weighted by atomic mass is 10.2. The Bertz CT molecular complexity index is 698. The van der Waals surface area contributed by atoms with Crippen molar-refractivity contribution >= 4 is 45.6 Å². The fourth-order valence-electron chi connectivity index (χ4n) is 2.79. The summed E-state index contributed by atoms with van der Waals surface area (Å²) in [6.07, 6.45) is 4.98. The number of benzene rings is 1. The Balaban J connectivity index is 1.59. The van der Waals surface area contributed by atoms with E-state index in [1.807, 2.05) is 11.4 Å². The van der Waals surface area contributed by atoms with Crippen LogP contribution in [0, 0.1) is 0 Å². The second-order valence-electron chi connectivity index (χ2n) is 5.69. The predicted molar refractivity (Wildman–Crippen MR) is 95.2 cm³/mol. The first-order valence-electron chi connectivity index (χ1n) is 7.66. The van der Waals surface area contributed by atoms with Crippen LogP contribution in [0.1, 0.15) is 25.7 Å². The van der Waals surface area contributed by atoms with Crippen molar-refractivity contribution in [2.45, 2.75) is 31.7 Å². The zero-order valence-electron chi connectivity index (χ0n) is 12.5. The van der Waals surface area contributed by atoms with Crippen molar-refractivity contribution in [3.05, 3.63) is 33.6 Å². The van der Waals surface area contributed by atoms with E-state index in [9.17, 15) is 4.79 Å². The van der Waals surface area contributed by atoms with Crippen LogP contribution in [0.5, 0.6) is 0 Å². The van der Waals surface area contributed by atoms with Crippen molar-refractivity contribution in [2.75, 3.05) is 11.9 Å². The fourth-order valence-corrected chi connectivity index (χ4v) is 4.02. The second-order valence-corrected chi connectivity index (χ2v) is 7.40. The molecule has 1 aliphatic rings. The van der Waals surface area contributed by atoms with E-state index in [0.717, 1.165) is 11.3 Å². The molecular formula is C16H18Cl2N3OS+. The van der Waals surface area contributed by atoms with Crippen LogP contribution >= 0.6 is 34.5 Å². The largest absolute Gasteiger partial charge is 0.336 e. The number of anilines is 1. The molecule has 7 heteroatoms. The van der Waals surface area contributed by atoms with Gasteiger partial charge in [-0.3, -0.25) is 10.1 Å². The summed E-state index contributed by atoms with van der Waals surface area (Å²) in [4.78, 5) is 16.4. The van der Waals surface area contributed by atoms with Gasteiger partial charge in [0.15, 0.2) is 11.7 Å². The van der Waals surface area contributed by atoms with Crippen LogP contribution in [0.15, 0.2) is 23.6 Å². The highest BCUT2D eigenvalue weighted by molar-refractivity contribution is 7.14. The molecule has 0 spiro atoms. The summed E-state index contributed by atoms with van der Waals surface area (Å²) in [5, 5.41) is 8.60. The number of rotatable bonds is 5. The van der Waals surface area contributed by atoms with E-state index in [1.165, 1.54) is 37.0 Å². The molecule has 3 rings (SSSR count). The molecule has 1 aliphatic carbocycles. The summed E-state index contributed by atoms with van der Waals surface area (Å²) in [5.41, 5.74) is 1.55. The summed E-state index contributed by atoms with van der Waals surface area (Å²) in [6, 6.07) is 5.89. The van der Waals surface area contributed by atoms with Gasteiger partial charge in [-0.25, -0.2) is 4.98 Å². The van der Waals surface area contributed by atoms with Crippen molar-refractivity contribution < 1.29 is 10.1 Å². The first kappa shape index (κ1) is 16.7. The Morgan fingerprint density at radius 1 is 1.35 bits per heavy atom. The molecule has 1 saturated carbocycles. The fraction of sp³-hybridized carbons (Fsp3) is 0.375. The van der Waals surface area contributed by atoms with Crippen LogP contribution in [0.2, 0.25) is 10.0 Å². The number of carbonyl (C=O) groups is 1. The maximum atomic E-state index is 12.0. The minimum atomic E-state index is -0.0139. The van der Waals surface area contributed by atoms with E-state index in [1.54, 1.807) is 12.1 Å². The number of thiazole rings is 1. The Morgan fingerprint density at radius 2 is 2.13 bits per heavy atom. The molecule has 0 saturated heterocycles. The van der Waals surface area contributed by atoms with E-state index < -0.39 is 0 Å². The smallest absolute Gasteiger partial charge is 0.281 e. The Labute approximate surface area is 149 Å². The second kappa shape index (κ2) is 7.62. The van der Waals surface area contributed by atoms with E-state index in [0.29, 0.717) is 27.8 Å². The molecule has 2 aromatic rings. The number of hydrogen-bond donors (Lipinski definition) is 2. The number of nitrogens with two attached hydrogens (primary N) is 1. The van der Waals surface area contributed by atoms with Gasteiger partial charge in [0, 0.05) is 16.0 Å². The predicted octanol–water partition coefficient (Wildman–Crippen LogP) is 3.56. The molecule has 1 amide bonds. The average Bonchev–Trinajstić information content (AvgIpc) is 3.17. The topological polar surface area (TPSA) is 58.6 Å². The molecule has 3 N–H and O–H groups in total. The molecule has 1 fully saturated rings. The first-order valence-corrected chi connectivity index (χ1v) is 9.29. The number of quaternary nitrogens is 1. The van der Waals surface area contributed by atoms with Gasteiger partial charge in [0.25, 0.3) is 5.91 Å². The van der Waals surface area contributed by atoms with Gasteiger partial charge in [-0.1, -0.05) is 23.2 Å². The van der Waals surface area contributed by atoms with Crippen molar-refractivity contribution in [3.8, 4) is 11.3 Å². The summed E-state index contributed by atoms with van der Waals surface area (Å²) >= 11 is 13.5. The summed E-state index contributed by atoms with van der Waals surface area (Å²) in [5.74, 6) is -0.0139. The van der Waals surface area contributed by atoms with Crippen LogP contribution in [0.3, 0.4) is 0 Å². The summed E-state index contributed by atoms with van der Waals surface area (Å²) < 4.78 is 0. The quantitative estimate of drug-likeness (QED) is 0.844. The van der Waals surface area contributed by atoms with E-state index in [4.69, 9.17) is 23.2 Å². The van der Waals surface area contributed by atoms with Gasteiger partial charge >= 0.3 is 0 Å². The van der Waals surface area contributed by atoms with Gasteiger partial charge in [0.1, 0.15) is 0 Å². The van der Waals surface area contributed by atoms with Crippen LogP contribution in [-0.4, -0.2) is 23.5 Å². The monoisotopic (exact) mass is 370 g/mol. The first-order chi connectivity index (χ1) is 11.1. The summed E-state index contributed by atoms with van der Waals surface area (Å²) in [6.45, 7) is 0.446. The Kier molecular flexibility index (Phi) is 5.54. The average molecular weight is 371 g/mol. The van der Waals surface area contributed by atoms with Crippen LogP contribution < -0.4 is 10.6 Å². The minimum absolute atomic E-state index is 0.0139. The van der Waals surface area contributed by atoms with E-state index in [2.05, 4.69) is 15.6 Å². The van der Waals surface area contributed by atoms with Gasteiger partial charge in [0.2, 0.25) is 0 Å². The molecule has 1 aromatic carbocycles. The molecule has 23 heavy (non-hydrogen) atoms. The SMILES string of the molecule is O=C(C[NH2+]C1CCCC1)Nc1nc(-c2ccc(Cl)cc2Cl)cs1. The molecule has 4 nitrogen and oxygen atoms in total. The van der Waals surface area contributed by atoms with Gasteiger partial charge in [-0.15, -0.1) is 11.3 Å². The number of aromatic nitrogens is 1. The number of halogens is 2. The summed E-state index contributed by atoms with van der Waals surface area (Å²) in [7, 11) is 0. The normalized spacial score (nSPS) is 15.0. The third-order valence-electron chi connectivity index (χ3n) is 3.99. The zero-order valence-corrected chi connectivity index (χ0v) is 14.8. The van der Waals surface area contributed by atoms with Gasteiger partial charge in [-0.2, -0.15) is 0 Å². The molecule has 0 bridgehead atoms. The third-order valence-corrected chi connectivity index (χ3v) is 5.30. The lowest BCUT2D eigenvalue weighted by Gasteiger charge is -2.07. The zero-order chi connectivity index (χ0) is 16.2. The van der Waals surface area contributed by atoms with Crippen molar-refractivity contribution in [3.63, 3.8) is 0 Å². The molecule has 0 radical (unpaired) electrons. The van der Waals surface area contributed by atoms with Gasteiger partial charge in [-0.05, 0) is 43.9 Å². The number of amides is 1. The van der Waals surface area contributed by atoms with Crippen molar-refractivity contribution in [2.24, 2.45) is 0 Å². The number of nitrogens with one attached hydrogen (secondary N) is 1. The molecular weight excluding hydrogens is 353 g/mol. The van der Waals surface area contributed by atoms with E-state index in [-0.39, 0.29) is 5.91 Å². The van der Waals surface area contributed by atoms with Crippen LogP contribution in [-0.2, 0) is 4.79 Å². The molecule has 0 aliphatic heterocycles. The standard InChI is InChI=1S/C16H17Cl2N3OS/c17-10-5-6-12(13(18)7-10)14-9-23-16(20-14)21-15(22)8-19-11-3-1-2-4-11/h5-7,9,11,19H,1-4,8H2,(H,20,21,22)/p+1. The van der Waals surface area contributed by atoms with Gasteiger partial charge < -0.3 is 5.32 Å². The maximum absolute atomic E-state index is 12.0. The van der Waals surface area contributed by atoms with Crippen LogP contribution in [0.25, 0.3) is 11.3 Å². The van der Waals surface area contributed by atoms with Crippen molar-refractivity contribution in [1.29, 1.82) is 0 Å². The highest BCUT2D eigenvalue weighted by Crippen LogP contribution is 2.32. The highest BCUT2D eigenvalue weighted by atomic mass is 35.5. The number of nitrogens with zero attached hydrogens (tertiary/aromatic N) is 1. The lowest BCUT2D eigenvalue weighted by molar-refractivity contribution is -0.677. The Hall–Kier alpha value is -1.14. The van der Waals surface area contributed by atoms with Gasteiger partial charge in [0.05, 0.1) is 16.8 Å². The highest BCUT2D eigenvalue weighted by Gasteiger charge is 2.19. The Morgan fingerprint density at radius 3 is 2.87 bits per heavy atom. The number of carbonyl (C=O) groups excluding carboxylic acids is 1. The van der Waals surface area contributed by atoms with E-state index >= 15 is 0 Å². The minimum Gasteiger partial charge on any atom is -0.336 e. The molecule has 1 aromatic heterocycles. The lowest BCUT2D eigenvalue weighted by Crippen LogP contribution is -2.91. The molecule has 1 heterocycles. The van der Waals surface area contributed by atoms with Crippen molar-refractivity contribution in [1.82, 2.24) is 4.98 Å². The molecule has 0 atom stereocenters. The number of hydrogen-bond acceptors (Lipinski definition) is 3. The van der Waals surface area contributed by atoms with Crippen LogP contribution in [0.4, 0.5) is 5.13 Å². The third kappa shape index (κ3) is 4.44. The maximum Gasteiger partial charge on any atom is 0.281 e. The molecule has 122 valence electrons. The molecule has 0 unspecified atom stereocenters.